The van der Waals surface area contributed by atoms with Gasteiger partial charge in [-0.2, -0.15) is 17.6 Å². The molecule has 1 aromatic carbocycles. The van der Waals surface area contributed by atoms with Crippen molar-refractivity contribution in [2.75, 3.05) is 14.2 Å². The van der Waals surface area contributed by atoms with Gasteiger partial charge in [-0.05, 0) is 13.0 Å². The van der Waals surface area contributed by atoms with Crippen LogP contribution >= 0.6 is 0 Å². The lowest BCUT2D eigenvalue weighted by Crippen LogP contribution is -2.47. The van der Waals surface area contributed by atoms with E-state index >= 15 is 0 Å². The maximum Gasteiger partial charge on any atom is 0.417 e. The molecule has 0 spiro atoms. The average Bonchev–Trinajstić information content (AvgIpc) is 2.82. The number of benzene rings is 1. The number of alkyl halides is 3. The molecule has 1 aromatic rings. The quantitative estimate of drug-likeness (QED) is 0.658. The molecule has 0 amide bonds. The van der Waals surface area contributed by atoms with Gasteiger partial charge in [-0.15, -0.1) is 0 Å². The highest BCUT2D eigenvalue weighted by Crippen LogP contribution is 2.55. The van der Waals surface area contributed by atoms with E-state index in [1.807, 2.05) is 0 Å². The van der Waals surface area contributed by atoms with Crippen LogP contribution in [-0.2, 0) is 14.3 Å². The highest BCUT2D eigenvalue weighted by molar-refractivity contribution is 5.77. The molecule has 4 unspecified atom stereocenters. The Morgan fingerprint density at radius 1 is 1.32 bits per heavy atom. The lowest BCUT2D eigenvalue weighted by molar-refractivity contribution is -0.274. The van der Waals surface area contributed by atoms with Crippen LogP contribution in [0.2, 0.25) is 0 Å². The number of carbonyl (C=O) groups excluding carboxylic acids is 1. The predicted molar refractivity (Wildman–Crippen MR) is 77.9 cm³/mol. The summed E-state index contributed by atoms with van der Waals surface area (Å²) in [6.07, 6.45) is -6.37. The van der Waals surface area contributed by atoms with E-state index in [0.717, 1.165) is 27.2 Å². The number of aromatic hydroxyl groups is 1. The van der Waals surface area contributed by atoms with Crippen molar-refractivity contribution in [2.45, 2.75) is 37.6 Å². The van der Waals surface area contributed by atoms with Crippen molar-refractivity contribution in [3.63, 3.8) is 0 Å². The van der Waals surface area contributed by atoms with Crippen molar-refractivity contribution < 1.29 is 41.7 Å². The molecule has 5 nitrogen and oxygen atoms in total. The summed E-state index contributed by atoms with van der Waals surface area (Å²) in [7, 11) is 2.13. The van der Waals surface area contributed by atoms with Gasteiger partial charge in [-0.3, -0.25) is 0 Å². The second kappa shape index (κ2) is 6.36. The summed E-state index contributed by atoms with van der Waals surface area (Å²) < 4.78 is 69.2. The summed E-state index contributed by atoms with van der Waals surface area (Å²) in [5.74, 6) is -5.75. The average molecular weight is 366 g/mol. The lowest BCUT2D eigenvalue weighted by atomic mass is 9.77. The molecule has 1 aliphatic heterocycles. The molecule has 1 heterocycles. The highest BCUT2D eigenvalue weighted by atomic mass is 19.4. The van der Waals surface area contributed by atoms with Crippen molar-refractivity contribution in [1.82, 2.24) is 0 Å². The Hall–Kier alpha value is -2.03. The molecule has 2 rings (SSSR count). The first-order valence-corrected chi connectivity index (χ1v) is 7.37. The predicted octanol–water partition coefficient (Wildman–Crippen LogP) is 3.15. The third-order valence-electron chi connectivity index (χ3n) is 4.77. The number of hydrogen-bond acceptors (Lipinski definition) is 5. The Labute approximate surface area is 141 Å². The standard InChI is InChI=1S/C16H18F4O5/c1-7-10(8-5-6-9(21)11(17)12(8)23-3)13(14(22)24-4)25-15(7,2)16(18,19)20/h5-7,10,13,21H,1-4H3. The minimum Gasteiger partial charge on any atom is -0.505 e. The zero-order valence-corrected chi connectivity index (χ0v) is 14.0. The van der Waals surface area contributed by atoms with Gasteiger partial charge in [-0.25, -0.2) is 4.79 Å². The Bertz CT molecular complexity index is 675. The summed E-state index contributed by atoms with van der Waals surface area (Å²) in [4.78, 5) is 12.0. The number of halogens is 4. The minimum absolute atomic E-state index is 0.0197. The van der Waals surface area contributed by atoms with Crippen molar-refractivity contribution in [2.24, 2.45) is 5.92 Å². The molecule has 0 bridgehead atoms. The molecule has 1 aliphatic rings. The van der Waals surface area contributed by atoms with E-state index < -0.39 is 53.0 Å². The van der Waals surface area contributed by atoms with E-state index in [2.05, 4.69) is 4.74 Å². The van der Waals surface area contributed by atoms with Gasteiger partial charge in [0.15, 0.2) is 23.2 Å². The van der Waals surface area contributed by atoms with Crippen LogP contribution < -0.4 is 4.74 Å². The molecule has 0 radical (unpaired) electrons. The van der Waals surface area contributed by atoms with Crippen LogP contribution in [0.1, 0.15) is 25.3 Å². The van der Waals surface area contributed by atoms with Gasteiger partial charge in [0.25, 0.3) is 0 Å². The first-order chi connectivity index (χ1) is 11.5. The third-order valence-corrected chi connectivity index (χ3v) is 4.77. The molecular weight excluding hydrogens is 348 g/mol. The van der Waals surface area contributed by atoms with E-state index in [1.54, 1.807) is 0 Å². The molecule has 1 fully saturated rings. The topological polar surface area (TPSA) is 65.0 Å². The van der Waals surface area contributed by atoms with Gasteiger partial charge in [0.05, 0.1) is 14.2 Å². The molecule has 1 N–H and O–H groups in total. The van der Waals surface area contributed by atoms with Crippen LogP contribution in [0.15, 0.2) is 12.1 Å². The Morgan fingerprint density at radius 3 is 2.40 bits per heavy atom. The van der Waals surface area contributed by atoms with Gasteiger partial charge in [0, 0.05) is 17.4 Å². The summed E-state index contributed by atoms with van der Waals surface area (Å²) >= 11 is 0. The zero-order valence-electron chi connectivity index (χ0n) is 14.0. The van der Waals surface area contributed by atoms with Crippen LogP contribution in [0, 0.1) is 11.7 Å². The smallest absolute Gasteiger partial charge is 0.417 e. The number of esters is 1. The minimum atomic E-state index is -4.77. The summed E-state index contributed by atoms with van der Waals surface area (Å²) in [6, 6.07) is 2.19. The fraction of sp³-hybridized carbons (Fsp3) is 0.562. The van der Waals surface area contributed by atoms with Gasteiger partial charge in [0.1, 0.15) is 0 Å². The number of rotatable bonds is 3. The lowest BCUT2D eigenvalue weighted by Gasteiger charge is -2.31. The molecular formula is C16H18F4O5. The summed E-state index contributed by atoms with van der Waals surface area (Å²) in [5, 5.41) is 9.46. The Kier molecular flexibility index (Phi) is 4.91. The van der Waals surface area contributed by atoms with Crippen molar-refractivity contribution >= 4 is 5.97 Å². The SMILES string of the molecule is COC(=O)C1OC(C)(C(F)(F)F)C(C)C1c1ccc(O)c(F)c1OC. The second-order valence-corrected chi connectivity index (χ2v) is 6.00. The number of ether oxygens (including phenoxy) is 3. The van der Waals surface area contributed by atoms with Crippen LogP contribution in [0.4, 0.5) is 17.6 Å². The zero-order chi connectivity index (χ0) is 19.2. The first kappa shape index (κ1) is 19.3. The normalized spacial score (nSPS) is 29.5. The summed E-state index contributed by atoms with van der Waals surface area (Å²) in [5.41, 5.74) is -2.66. The van der Waals surface area contributed by atoms with Crippen molar-refractivity contribution in [1.29, 1.82) is 0 Å². The van der Waals surface area contributed by atoms with Gasteiger partial charge >= 0.3 is 12.1 Å². The van der Waals surface area contributed by atoms with Gasteiger partial charge in [-0.1, -0.05) is 13.0 Å². The van der Waals surface area contributed by atoms with Crippen LogP contribution in [0.25, 0.3) is 0 Å². The van der Waals surface area contributed by atoms with E-state index in [-0.39, 0.29) is 5.56 Å². The first-order valence-electron chi connectivity index (χ1n) is 7.37. The molecule has 0 aromatic heterocycles. The van der Waals surface area contributed by atoms with Crippen molar-refractivity contribution in [3.05, 3.63) is 23.5 Å². The van der Waals surface area contributed by atoms with Crippen LogP contribution in [0.3, 0.4) is 0 Å². The van der Waals surface area contributed by atoms with Crippen LogP contribution in [0.5, 0.6) is 11.5 Å². The Morgan fingerprint density at radius 2 is 1.92 bits per heavy atom. The van der Waals surface area contributed by atoms with Gasteiger partial charge in [0.2, 0.25) is 5.82 Å². The van der Waals surface area contributed by atoms with E-state index in [0.29, 0.717) is 0 Å². The van der Waals surface area contributed by atoms with Crippen LogP contribution in [-0.4, -0.2) is 43.2 Å². The monoisotopic (exact) mass is 366 g/mol. The number of carbonyl (C=O) groups is 1. The number of phenols is 1. The van der Waals surface area contributed by atoms with E-state index in [4.69, 9.17) is 9.47 Å². The molecule has 140 valence electrons. The van der Waals surface area contributed by atoms with E-state index in [9.17, 15) is 27.5 Å². The number of methoxy groups -OCH3 is 2. The summed E-state index contributed by atoms with van der Waals surface area (Å²) in [6.45, 7) is 2.09. The van der Waals surface area contributed by atoms with E-state index in [1.165, 1.54) is 13.0 Å². The molecule has 0 aliphatic carbocycles. The Balaban J connectivity index is 2.65. The fourth-order valence-electron chi connectivity index (χ4n) is 3.15. The molecule has 9 heteroatoms. The third kappa shape index (κ3) is 2.90. The number of hydrogen-bond donors (Lipinski definition) is 1. The van der Waals surface area contributed by atoms with Gasteiger partial charge < -0.3 is 19.3 Å². The molecule has 1 saturated heterocycles. The fourth-order valence-corrected chi connectivity index (χ4v) is 3.15. The molecule has 4 atom stereocenters. The second-order valence-electron chi connectivity index (χ2n) is 6.00. The molecule has 25 heavy (non-hydrogen) atoms. The molecule has 0 saturated carbocycles. The number of phenolic OH excluding ortho intramolecular Hbond substituents is 1. The van der Waals surface area contributed by atoms with Crippen molar-refractivity contribution in [3.8, 4) is 11.5 Å². The highest BCUT2D eigenvalue weighted by Gasteiger charge is 2.66. The maximum atomic E-state index is 14.1. The largest absolute Gasteiger partial charge is 0.505 e. The maximum absolute atomic E-state index is 14.1.